The van der Waals surface area contributed by atoms with Gasteiger partial charge in [0.25, 0.3) is 0 Å². The number of carbonyl (C=O) groups is 1. The largest absolute Gasteiger partial charge is 0.449 e. The molecule has 0 spiro atoms. The van der Waals surface area contributed by atoms with E-state index < -0.39 is 0 Å². The summed E-state index contributed by atoms with van der Waals surface area (Å²) in [5.41, 5.74) is 1.21. The monoisotopic (exact) mass is 260 g/mol. The summed E-state index contributed by atoms with van der Waals surface area (Å²) < 4.78 is 5.16. The Balaban J connectivity index is 1.79. The second-order valence-corrected chi connectivity index (χ2v) is 4.50. The van der Waals surface area contributed by atoms with Crippen molar-refractivity contribution in [2.45, 2.75) is 6.42 Å². The molecule has 1 aliphatic rings. The Morgan fingerprint density at radius 2 is 1.89 bits per heavy atom. The van der Waals surface area contributed by atoms with E-state index in [1.807, 2.05) is 18.2 Å². The summed E-state index contributed by atoms with van der Waals surface area (Å²) in [5.74, 6) is 0. The number of hydrogen-bond donors (Lipinski definition) is 0. The van der Waals surface area contributed by atoms with Crippen LogP contribution in [0.4, 0.5) is 10.5 Å². The Kier molecular flexibility index (Phi) is 4.84. The first kappa shape index (κ1) is 13.5. The van der Waals surface area contributed by atoms with Crippen LogP contribution in [-0.2, 0) is 4.74 Å². The molecule has 4 nitrogen and oxygen atoms in total. The molecule has 0 saturated carbocycles. The van der Waals surface area contributed by atoms with Crippen LogP contribution in [0.25, 0.3) is 0 Å². The molecule has 1 aromatic rings. The summed E-state index contributed by atoms with van der Waals surface area (Å²) in [7, 11) is 0. The van der Waals surface area contributed by atoms with Crippen molar-refractivity contribution in [1.29, 1.82) is 0 Å². The number of ether oxygens (including phenoxy) is 1. The van der Waals surface area contributed by atoms with E-state index in [9.17, 15) is 4.79 Å². The molecule has 0 unspecified atom stereocenters. The maximum Gasteiger partial charge on any atom is 0.409 e. The van der Waals surface area contributed by atoms with Gasteiger partial charge in [0.2, 0.25) is 0 Å². The molecule has 1 aromatic carbocycles. The molecule has 1 amide bonds. The van der Waals surface area contributed by atoms with Gasteiger partial charge in [0.05, 0.1) is 6.61 Å². The van der Waals surface area contributed by atoms with E-state index in [1.165, 1.54) is 5.69 Å². The van der Waals surface area contributed by atoms with Gasteiger partial charge in [0, 0.05) is 31.9 Å². The Labute approximate surface area is 114 Å². The smallest absolute Gasteiger partial charge is 0.409 e. The van der Waals surface area contributed by atoms with Crippen LogP contribution in [0.1, 0.15) is 6.42 Å². The van der Waals surface area contributed by atoms with Crippen LogP contribution in [0.2, 0.25) is 0 Å². The van der Waals surface area contributed by atoms with Crippen LogP contribution >= 0.6 is 0 Å². The van der Waals surface area contributed by atoms with Crippen LogP contribution in [-0.4, -0.2) is 43.8 Å². The van der Waals surface area contributed by atoms with Crippen molar-refractivity contribution in [1.82, 2.24) is 4.90 Å². The van der Waals surface area contributed by atoms with E-state index in [-0.39, 0.29) is 6.09 Å². The molecule has 0 bridgehead atoms. The van der Waals surface area contributed by atoms with Crippen molar-refractivity contribution < 1.29 is 9.53 Å². The third-order valence-electron chi connectivity index (χ3n) is 3.21. The number of carbonyl (C=O) groups excluding carboxylic acids is 1. The van der Waals surface area contributed by atoms with Gasteiger partial charge >= 0.3 is 6.09 Å². The van der Waals surface area contributed by atoms with Crippen molar-refractivity contribution in [3.05, 3.63) is 43.0 Å². The van der Waals surface area contributed by atoms with Gasteiger partial charge in [0.1, 0.15) is 0 Å². The number of anilines is 1. The van der Waals surface area contributed by atoms with Crippen molar-refractivity contribution >= 4 is 11.8 Å². The fourth-order valence-electron chi connectivity index (χ4n) is 2.11. The highest BCUT2D eigenvalue weighted by molar-refractivity contribution is 5.68. The first-order valence-electron chi connectivity index (χ1n) is 6.64. The first-order chi connectivity index (χ1) is 9.31. The predicted molar refractivity (Wildman–Crippen MR) is 76.4 cm³/mol. The molecule has 1 saturated heterocycles. The van der Waals surface area contributed by atoms with Gasteiger partial charge in [-0.05, 0) is 18.6 Å². The molecule has 4 heteroatoms. The summed E-state index contributed by atoms with van der Waals surface area (Å²) >= 11 is 0. The Morgan fingerprint density at radius 1 is 1.21 bits per heavy atom. The van der Waals surface area contributed by atoms with Gasteiger partial charge in [-0.15, -0.1) is 6.58 Å². The fourth-order valence-corrected chi connectivity index (χ4v) is 2.11. The summed E-state index contributed by atoms with van der Waals surface area (Å²) in [5, 5.41) is 0. The summed E-state index contributed by atoms with van der Waals surface area (Å²) in [6, 6.07) is 10.3. The van der Waals surface area contributed by atoms with Gasteiger partial charge in [0.15, 0.2) is 0 Å². The van der Waals surface area contributed by atoms with Crippen molar-refractivity contribution in [2.75, 3.05) is 37.7 Å². The zero-order valence-electron chi connectivity index (χ0n) is 11.1. The summed E-state index contributed by atoms with van der Waals surface area (Å²) in [6.07, 6.45) is 2.24. The molecular weight excluding hydrogens is 240 g/mol. The van der Waals surface area contributed by atoms with Gasteiger partial charge in [-0.3, -0.25) is 0 Å². The van der Waals surface area contributed by atoms with Crippen LogP contribution in [0, 0.1) is 0 Å². The molecule has 1 heterocycles. The molecule has 0 aliphatic carbocycles. The van der Waals surface area contributed by atoms with Crippen LogP contribution in [0.5, 0.6) is 0 Å². The number of nitrogens with zero attached hydrogens (tertiary/aromatic N) is 2. The van der Waals surface area contributed by atoms with E-state index in [1.54, 1.807) is 11.0 Å². The summed E-state index contributed by atoms with van der Waals surface area (Å²) in [6.45, 7) is 7.14. The molecule has 2 rings (SSSR count). The quantitative estimate of drug-likeness (QED) is 0.616. The highest BCUT2D eigenvalue weighted by Gasteiger charge is 2.21. The number of piperazine rings is 1. The lowest BCUT2D eigenvalue weighted by molar-refractivity contribution is 0.102. The maximum atomic E-state index is 11.8. The molecule has 1 fully saturated rings. The lowest BCUT2D eigenvalue weighted by Gasteiger charge is -2.35. The van der Waals surface area contributed by atoms with Crippen molar-refractivity contribution in [3.63, 3.8) is 0 Å². The third kappa shape index (κ3) is 3.74. The highest BCUT2D eigenvalue weighted by Crippen LogP contribution is 2.15. The van der Waals surface area contributed by atoms with Crippen molar-refractivity contribution in [3.8, 4) is 0 Å². The number of hydrogen-bond acceptors (Lipinski definition) is 3. The predicted octanol–water partition coefficient (Wildman–Crippen LogP) is 2.52. The Morgan fingerprint density at radius 3 is 2.53 bits per heavy atom. The van der Waals surface area contributed by atoms with E-state index >= 15 is 0 Å². The molecule has 0 radical (unpaired) electrons. The summed E-state index contributed by atoms with van der Waals surface area (Å²) in [4.78, 5) is 15.8. The van der Waals surface area contributed by atoms with Gasteiger partial charge < -0.3 is 14.5 Å². The lowest BCUT2D eigenvalue weighted by Crippen LogP contribution is -2.49. The molecule has 0 atom stereocenters. The minimum Gasteiger partial charge on any atom is -0.449 e. The molecule has 0 aromatic heterocycles. The minimum absolute atomic E-state index is 0.213. The molecular formula is C15H20N2O2. The number of para-hydroxylation sites is 1. The van der Waals surface area contributed by atoms with Crippen LogP contribution in [0.15, 0.2) is 43.0 Å². The number of rotatable bonds is 4. The van der Waals surface area contributed by atoms with Crippen molar-refractivity contribution in [2.24, 2.45) is 0 Å². The second-order valence-electron chi connectivity index (χ2n) is 4.50. The molecule has 19 heavy (non-hydrogen) atoms. The lowest BCUT2D eigenvalue weighted by atomic mass is 10.2. The Bertz CT molecular complexity index is 411. The average Bonchev–Trinajstić information content (AvgIpc) is 2.48. The molecule has 102 valence electrons. The average molecular weight is 260 g/mol. The second kappa shape index (κ2) is 6.83. The standard InChI is InChI=1S/C15H20N2O2/c1-2-3-13-19-15(18)17-11-9-16(10-12-17)14-7-5-4-6-8-14/h2,4-8H,1,3,9-13H2. The third-order valence-corrected chi connectivity index (χ3v) is 3.21. The van der Waals surface area contributed by atoms with E-state index in [4.69, 9.17) is 4.74 Å². The maximum absolute atomic E-state index is 11.8. The van der Waals surface area contributed by atoms with E-state index in [0.29, 0.717) is 26.1 Å². The normalized spacial score (nSPS) is 15.2. The number of amides is 1. The topological polar surface area (TPSA) is 32.8 Å². The van der Waals surface area contributed by atoms with E-state index in [0.717, 1.165) is 13.1 Å². The zero-order valence-corrected chi connectivity index (χ0v) is 11.1. The van der Waals surface area contributed by atoms with E-state index in [2.05, 4.69) is 23.6 Å². The van der Waals surface area contributed by atoms with Gasteiger partial charge in [-0.1, -0.05) is 24.3 Å². The first-order valence-corrected chi connectivity index (χ1v) is 6.64. The zero-order chi connectivity index (χ0) is 13.5. The SMILES string of the molecule is C=CCCOC(=O)N1CCN(c2ccccc2)CC1. The van der Waals surface area contributed by atoms with Gasteiger partial charge in [-0.2, -0.15) is 0 Å². The highest BCUT2D eigenvalue weighted by atomic mass is 16.6. The number of benzene rings is 1. The fraction of sp³-hybridized carbons (Fsp3) is 0.400. The molecule has 1 aliphatic heterocycles. The van der Waals surface area contributed by atoms with Crippen LogP contribution in [0.3, 0.4) is 0 Å². The van der Waals surface area contributed by atoms with Crippen LogP contribution < -0.4 is 4.90 Å². The van der Waals surface area contributed by atoms with Gasteiger partial charge in [-0.25, -0.2) is 4.79 Å². The minimum atomic E-state index is -0.213. The Hall–Kier alpha value is -1.97. The molecule has 0 N–H and O–H groups in total.